The second-order valence-corrected chi connectivity index (χ2v) is 5.42. The summed E-state index contributed by atoms with van der Waals surface area (Å²) in [6.45, 7) is 0. The molecule has 1 radical (unpaired) electrons. The third-order valence-electron chi connectivity index (χ3n) is 4.95. The van der Waals surface area contributed by atoms with Gasteiger partial charge in [0.05, 0.1) is 6.42 Å². The fourth-order valence-corrected chi connectivity index (χ4v) is 4.60. The van der Waals surface area contributed by atoms with Crippen LogP contribution in [0, 0.1) is 29.6 Å². The van der Waals surface area contributed by atoms with Crippen molar-refractivity contribution >= 4 is 5.97 Å². The first kappa shape index (κ1) is 8.75. The van der Waals surface area contributed by atoms with Crippen LogP contribution in [0.2, 0.25) is 0 Å². The Bertz CT molecular complexity index is 273. The van der Waals surface area contributed by atoms with Gasteiger partial charge in [0.15, 0.2) is 0 Å². The first-order valence-corrected chi connectivity index (χ1v) is 5.80. The molecule has 0 aliphatic heterocycles. The van der Waals surface area contributed by atoms with Crippen LogP contribution in [0.3, 0.4) is 0 Å². The van der Waals surface area contributed by atoms with Crippen molar-refractivity contribution in [3.63, 3.8) is 0 Å². The normalized spacial score (nSPS) is 49.6. The highest BCUT2D eigenvalue weighted by molar-refractivity contribution is 5.78. The fourth-order valence-electron chi connectivity index (χ4n) is 4.60. The second-order valence-electron chi connectivity index (χ2n) is 5.42. The van der Waals surface area contributed by atoms with E-state index >= 15 is 0 Å². The summed E-state index contributed by atoms with van der Waals surface area (Å²) in [7, 11) is 0. The molecule has 77 valence electrons. The molecule has 3 saturated carbocycles. The molecule has 2 heteroatoms. The fraction of sp³-hybridized carbons (Fsp3) is 0.833. The summed E-state index contributed by atoms with van der Waals surface area (Å²) in [5.74, 6) is 1.76. The summed E-state index contributed by atoms with van der Waals surface area (Å²) in [4.78, 5) is 10.9. The predicted octanol–water partition coefficient (Wildman–Crippen LogP) is 2.49. The molecule has 3 aliphatic carbocycles. The number of hydrogen-bond acceptors (Lipinski definition) is 1. The van der Waals surface area contributed by atoms with Crippen LogP contribution in [0.4, 0.5) is 0 Å². The van der Waals surface area contributed by atoms with E-state index in [-0.39, 0.29) is 5.41 Å². The molecule has 2 bridgehead atoms. The largest absolute Gasteiger partial charge is 0.481 e. The van der Waals surface area contributed by atoms with Crippen LogP contribution >= 0.6 is 0 Å². The zero-order chi connectivity index (χ0) is 9.76. The average molecular weight is 193 g/mol. The molecule has 4 unspecified atom stereocenters. The Hall–Kier alpha value is -0.530. The summed E-state index contributed by atoms with van der Waals surface area (Å²) in [5, 5.41) is 8.95. The van der Waals surface area contributed by atoms with E-state index in [0.29, 0.717) is 0 Å². The summed E-state index contributed by atoms with van der Waals surface area (Å²) in [6, 6.07) is 0. The van der Waals surface area contributed by atoms with Gasteiger partial charge >= 0.3 is 5.97 Å². The number of rotatable bonds is 2. The van der Waals surface area contributed by atoms with Gasteiger partial charge in [-0.05, 0) is 55.3 Å². The van der Waals surface area contributed by atoms with Crippen molar-refractivity contribution in [2.24, 2.45) is 23.2 Å². The van der Waals surface area contributed by atoms with Crippen molar-refractivity contribution in [2.75, 3.05) is 0 Å². The molecule has 0 aromatic heterocycles. The van der Waals surface area contributed by atoms with Gasteiger partial charge in [-0.2, -0.15) is 0 Å². The van der Waals surface area contributed by atoms with E-state index in [9.17, 15) is 4.79 Å². The summed E-state index contributed by atoms with van der Waals surface area (Å²) < 4.78 is 0. The number of aliphatic carboxylic acids is 1. The zero-order valence-electron chi connectivity index (χ0n) is 8.41. The van der Waals surface area contributed by atoms with Crippen LogP contribution in [-0.4, -0.2) is 11.1 Å². The number of carbonyl (C=O) groups is 1. The van der Waals surface area contributed by atoms with Crippen molar-refractivity contribution in [2.45, 2.75) is 38.5 Å². The van der Waals surface area contributed by atoms with Gasteiger partial charge in [0.1, 0.15) is 0 Å². The summed E-state index contributed by atoms with van der Waals surface area (Å²) in [6.07, 6.45) is 9.23. The molecule has 14 heavy (non-hydrogen) atoms. The molecule has 3 fully saturated rings. The highest BCUT2D eigenvalue weighted by Gasteiger charge is 2.59. The van der Waals surface area contributed by atoms with Gasteiger partial charge in [-0.1, -0.05) is 6.42 Å². The van der Waals surface area contributed by atoms with Gasteiger partial charge in [0, 0.05) is 0 Å². The molecule has 2 nitrogen and oxygen atoms in total. The maximum absolute atomic E-state index is 10.9. The van der Waals surface area contributed by atoms with Crippen LogP contribution < -0.4 is 0 Å². The smallest absolute Gasteiger partial charge is 0.307 e. The lowest BCUT2D eigenvalue weighted by molar-refractivity contribution is -0.135. The topological polar surface area (TPSA) is 37.3 Å². The van der Waals surface area contributed by atoms with Gasteiger partial charge in [-0.25, -0.2) is 0 Å². The predicted molar refractivity (Wildman–Crippen MR) is 52.5 cm³/mol. The molecule has 0 aromatic carbocycles. The highest BCUT2D eigenvalue weighted by atomic mass is 16.4. The molecule has 0 saturated heterocycles. The van der Waals surface area contributed by atoms with Crippen LogP contribution in [0.15, 0.2) is 0 Å². The minimum absolute atomic E-state index is 0.109. The minimum Gasteiger partial charge on any atom is -0.481 e. The van der Waals surface area contributed by atoms with Crippen molar-refractivity contribution in [3.8, 4) is 0 Å². The molecule has 0 heterocycles. The monoisotopic (exact) mass is 193 g/mol. The van der Waals surface area contributed by atoms with Crippen LogP contribution in [-0.2, 0) is 4.79 Å². The molecule has 0 amide bonds. The van der Waals surface area contributed by atoms with Crippen molar-refractivity contribution in [1.29, 1.82) is 0 Å². The lowest BCUT2D eigenvalue weighted by atomic mass is 9.70. The average Bonchev–Trinajstić information content (AvgIpc) is 2.68. The van der Waals surface area contributed by atoms with Crippen molar-refractivity contribution in [3.05, 3.63) is 6.42 Å². The van der Waals surface area contributed by atoms with Crippen LogP contribution in [0.25, 0.3) is 0 Å². The molecular formula is C12H17O2. The first-order chi connectivity index (χ1) is 6.71. The van der Waals surface area contributed by atoms with Crippen molar-refractivity contribution in [1.82, 2.24) is 0 Å². The van der Waals surface area contributed by atoms with E-state index in [4.69, 9.17) is 5.11 Å². The van der Waals surface area contributed by atoms with Crippen LogP contribution in [0.5, 0.6) is 0 Å². The van der Waals surface area contributed by atoms with Gasteiger partial charge in [0.25, 0.3) is 0 Å². The van der Waals surface area contributed by atoms with Crippen molar-refractivity contribution < 1.29 is 9.90 Å². The minimum atomic E-state index is -0.696. The molecule has 0 spiro atoms. The molecule has 0 aromatic rings. The molecular weight excluding hydrogens is 176 g/mol. The second kappa shape index (κ2) is 2.74. The first-order valence-electron chi connectivity index (χ1n) is 5.80. The Morgan fingerprint density at radius 1 is 1.36 bits per heavy atom. The van der Waals surface area contributed by atoms with Gasteiger partial charge in [0.2, 0.25) is 0 Å². The molecule has 3 aliphatic rings. The highest BCUT2D eigenvalue weighted by Crippen LogP contribution is 2.66. The SMILES string of the molecule is O=C(O)[CH]C12CCC(C1)C1CCCC12. The number of hydrogen-bond donors (Lipinski definition) is 1. The van der Waals surface area contributed by atoms with E-state index in [1.54, 1.807) is 6.42 Å². The van der Waals surface area contributed by atoms with E-state index in [1.165, 1.54) is 32.1 Å². The van der Waals surface area contributed by atoms with E-state index in [0.717, 1.165) is 24.2 Å². The number of fused-ring (bicyclic) bond motifs is 5. The van der Waals surface area contributed by atoms with Gasteiger partial charge in [-0.3, -0.25) is 4.79 Å². The number of carboxylic acids is 1. The standard InChI is InChI=1S/C12H17O2/c13-11(14)7-12-5-4-8(6-12)9-2-1-3-10(9)12/h7-10H,1-6H2,(H,13,14). The van der Waals surface area contributed by atoms with E-state index in [1.807, 2.05) is 0 Å². The van der Waals surface area contributed by atoms with Gasteiger partial charge < -0.3 is 5.11 Å². The Morgan fingerprint density at radius 2 is 2.21 bits per heavy atom. The third kappa shape index (κ3) is 0.999. The summed E-state index contributed by atoms with van der Waals surface area (Å²) >= 11 is 0. The van der Waals surface area contributed by atoms with E-state index < -0.39 is 5.97 Å². The molecule has 4 atom stereocenters. The van der Waals surface area contributed by atoms with Gasteiger partial charge in [-0.15, -0.1) is 0 Å². The lowest BCUT2D eigenvalue weighted by Crippen LogP contribution is -2.30. The Morgan fingerprint density at radius 3 is 3.00 bits per heavy atom. The maximum Gasteiger partial charge on any atom is 0.307 e. The Labute approximate surface area is 84.7 Å². The Kier molecular flexibility index (Phi) is 1.71. The zero-order valence-corrected chi connectivity index (χ0v) is 8.41. The summed E-state index contributed by atoms with van der Waals surface area (Å²) in [5.41, 5.74) is 0.109. The lowest BCUT2D eigenvalue weighted by Gasteiger charge is -2.34. The molecule has 3 rings (SSSR count). The van der Waals surface area contributed by atoms with E-state index in [2.05, 4.69) is 0 Å². The number of carboxylic acid groups (broad SMARTS) is 1. The maximum atomic E-state index is 10.9. The van der Waals surface area contributed by atoms with Crippen LogP contribution in [0.1, 0.15) is 38.5 Å². The molecule has 1 N–H and O–H groups in total. The third-order valence-corrected chi connectivity index (χ3v) is 4.95. The Balaban J connectivity index is 1.88. The quantitative estimate of drug-likeness (QED) is 0.731.